The Morgan fingerprint density at radius 1 is 1.60 bits per heavy atom. The van der Waals surface area contributed by atoms with Gasteiger partial charge in [0.15, 0.2) is 0 Å². The van der Waals surface area contributed by atoms with Crippen molar-refractivity contribution in [2.75, 3.05) is 0 Å². The van der Waals surface area contributed by atoms with Crippen molar-refractivity contribution in [3.05, 3.63) is 18.2 Å². The summed E-state index contributed by atoms with van der Waals surface area (Å²) in [7, 11) is 0. The molecule has 0 amide bonds. The number of alkyl halides is 1. The zero-order valence-electron chi connectivity index (χ0n) is 9.20. The van der Waals surface area contributed by atoms with E-state index in [0.29, 0.717) is 5.88 Å². The maximum atomic E-state index is 8.86. The van der Waals surface area contributed by atoms with Crippen molar-refractivity contribution in [1.29, 1.82) is 5.26 Å². The van der Waals surface area contributed by atoms with Crippen LogP contribution >= 0.6 is 11.6 Å². The van der Waals surface area contributed by atoms with E-state index in [-0.39, 0.29) is 5.41 Å². The van der Waals surface area contributed by atoms with Crippen LogP contribution in [0.15, 0.2) is 12.4 Å². The van der Waals surface area contributed by atoms with Crippen LogP contribution in [0.5, 0.6) is 0 Å². The highest BCUT2D eigenvalue weighted by molar-refractivity contribution is 6.16. The number of halogens is 1. The Labute approximate surface area is 95.7 Å². The SMILES string of the molecule is CC(C)(C#N)CCCn1ccnc1CCl. The Balaban J connectivity index is 2.42. The van der Waals surface area contributed by atoms with Gasteiger partial charge in [0.25, 0.3) is 0 Å². The molecule has 3 nitrogen and oxygen atoms in total. The first-order valence-corrected chi connectivity index (χ1v) is 5.60. The van der Waals surface area contributed by atoms with E-state index >= 15 is 0 Å². The van der Waals surface area contributed by atoms with Crippen molar-refractivity contribution < 1.29 is 0 Å². The van der Waals surface area contributed by atoms with Crippen molar-refractivity contribution in [3.63, 3.8) is 0 Å². The second-order valence-corrected chi connectivity index (χ2v) is 4.54. The maximum absolute atomic E-state index is 8.86. The van der Waals surface area contributed by atoms with Crippen molar-refractivity contribution in [2.45, 2.75) is 39.1 Å². The standard InChI is InChI=1S/C11H16ClN3/c1-11(2,9-13)4-3-6-15-7-5-14-10(15)8-12/h5,7H,3-4,6,8H2,1-2H3. The van der Waals surface area contributed by atoms with Gasteiger partial charge in [0.2, 0.25) is 0 Å². The number of nitriles is 1. The second kappa shape index (κ2) is 5.18. The Morgan fingerprint density at radius 2 is 2.33 bits per heavy atom. The van der Waals surface area contributed by atoms with E-state index in [1.807, 2.05) is 24.6 Å². The van der Waals surface area contributed by atoms with Gasteiger partial charge in [0, 0.05) is 18.9 Å². The lowest BCUT2D eigenvalue weighted by atomic mass is 9.90. The number of rotatable bonds is 5. The molecule has 1 heterocycles. The molecule has 0 radical (unpaired) electrons. The van der Waals surface area contributed by atoms with Gasteiger partial charge in [0.1, 0.15) is 5.82 Å². The van der Waals surface area contributed by atoms with Gasteiger partial charge < -0.3 is 4.57 Å². The number of aryl methyl sites for hydroxylation is 1. The Morgan fingerprint density at radius 3 is 2.93 bits per heavy atom. The molecular weight excluding hydrogens is 210 g/mol. The molecule has 0 fully saturated rings. The summed E-state index contributed by atoms with van der Waals surface area (Å²) in [5.74, 6) is 1.33. The van der Waals surface area contributed by atoms with Crippen LogP contribution in [0.2, 0.25) is 0 Å². The van der Waals surface area contributed by atoms with E-state index in [0.717, 1.165) is 25.2 Å². The number of hydrogen-bond acceptors (Lipinski definition) is 2. The highest BCUT2D eigenvalue weighted by Crippen LogP contribution is 2.21. The molecule has 0 aliphatic heterocycles. The molecule has 0 saturated carbocycles. The topological polar surface area (TPSA) is 41.6 Å². The zero-order valence-corrected chi connectivity index (χ0v) is 9.96. The molecule has 1 rings (SSSR count). The third-order valence-corrected chi connectivity index (χ3v) is 2.66. The van der Waals surface area contributed by atoms with Crippen molar-refractivity contribution in [1.82, 2.24) is 9.55 Å². The fraction of sp³-hybridized carbons (Fsp3) is 0.636. The van der Waals surface area contributed by atoms with E-state index in [4.69, 9.17) is 16.9 Å². The smallest absolute Gasteiger partial charge is 0.123 e. The monoisotopic (exact) mass is 225 g/mol. The summed E-state index contributed by atoms with van der Waals surface area (Å²) >= 11 is 5.73. The Bertz CT molecular complexity index is 349. The van der Waals surface area contributed by atoms with Gasteiger partial charge in [0.05, 0.1) is 17.4 Å². The van der Waals surface area contributed by atoms with Gasteiger partial charge in [-0.15, -0.1) is 11.6 Å². The van der Waals surface area contributed by atoms with Gasteiger partial charge in [-0.05, 0) is 26.7 Å². The Kier molecular flexibility index (Phi) is 4.16. The van der Waals surface area contributed by atoms with E-state index < -0.39 is 0 Å². The number of nitrogens with zero attached hydrogens (tertiary/aromatic N) is 3. The van der Waals surface area contributed by atoms with Crippen LogP contribution in [0.3, 0.4) is 0 Å². The third kappa shape index (κ3) is 3.56. The lowest BCUT2D eigenvalue weighted by molar-refractivity contribution is 0.414. The molecule has 0 aliphatic carbocycles. The molecule has 0 aromatic carbocycles. The first-order chi connectivity index (χ1) is 7.09. The van der Waals surface area contributed by atoms with Crippen LogP contribution in [-0.2, 0) is 12.4 Å². The summed E-state index contributed by atoms with van der Waals surface area (Å²) in [6.45, 7) is 4.81. The molecule has 1 aromatic heterocycles. The lowest BCUT2D eigenvalue weighted by Crippen LogP contribution is -2.10. The highest BCUT2D eigenvalue weighted by Gasteiger charge is 2.15. The third-order valence-electron chi connectivity index (χ3n) is 2.42. The van der Waals surface area contributed by atoms with Crippen LogP contribution in [0.25, 0.3) is 0 Å². The molecular formula is C11H16ClN3. The maximum Gasteiger partial charge on any atom is 0.123 e. The van der Waals surface area contributed by atoms with Crippen molar-refractivity contribution in [3.8, 4) is 6.07 Å². The number of hydrogen-bond donors (Lipinski definition) is 0. The molecule has 0 unspecified atom stereocenters. The average molecular weight is 226 g/mol. The first kappa shape index (κ1) is 12.1. The molecule has 0 atom stereocenters. The highest BCUT2D eigenvalue weighted by atomic mass is 35.5. The van der Waals surface area contributed by atoms with Crippen LogP contribution in [0, 0.1) is 16.7 Å². The van der Waals surface area contributed by atoms with E-state index in [1.165, 1.54) is 0 Å². The second-order valence-electron chi connectivity index (χ2n) is 4.27. The van der Waals surface area contributed by atoms with E-state index in [2.05, 4.69) is 11.1 Å². The normalized spacial score (nSPS) is 11.3. The van der Waals surface area contributed by atoms with E-state index in [1.54, 1.807) is 6.20 Å². The molecule has 0 aliphatic rings. The van der Waals surface area contributed by atoms with Crippen LogP contribution in [0.1, 0.15) is 32.5 Å². The predicted molar refractivity (Wildman–Crippen MR) is 60.4 cm³/mol. The van der Waals surface area contributed by atoms with Crippen molar-refractivity contribution in [2.24, 2.45) is 5.41 Å². The zero-order chi connectivity index (χ0) is 11.3. The molecule has 0 bridgehead atoms. The molecule has 0 saturated heterocycles. The largest absolute Gasteiger partial charge is 0.334 e. The van der Waals surface area contributed by atoms with Crippen LogP contribution in [0.4, 0.5) is 0 Å². The average Bonchev–Trinajstić information content (AvgIpc) is 2.65. The summed E-state index contributed by atoms with van der Waals surface area (Å²) in [4.78, 5) is 4.14. The molecule has 0 spiro atoms. The summed E-state index contributed by atoms with van der Waals surface area (Å²) in [6, 6.07) is 2.30. The molecule has 82 valence electrons. The quantitative estimate of drug-likeness (QED) is 0.723. The predicted octanol–water partition coefficient (Wildman–Crippen LogP) is 2.95. The summed E-state index contributed by atoms with van der Waals surface area (Å²) < 4.78 is 2.04. The minimum Gasteiger partial charge on any atom is -0.334 e. The Hall–Kier alpha value is -1.01. The molecule has 15 heavy (non-hydrogen) atoms. The number of imidazole rings is 1. The van der Waals surface area contributed by atoms with E-state index in [9.17, 15) is 0 Å². The molecule has 1 aromatic rings. The van der Waals surface area contributed by atoms with Crippen LogP contribution < -0.4 is 0 Å². The minimum atomic E-state index is -0.234. The van der Waals surface area contributed by atoms with Crippen molar-refractivity contribution >= 4 is 11.6 Å². The van der Waals surface area contributed by atoms with Gasteiger partial charge in [-0.25, -0.2) is 4.98 Å². The fourth-order valence-corrected chi connectivity index (χ4v) is 1.64. The first-order valence-electron chi connectivity index (χ1n) is 5.06. The van der Waals surface area contributed by atoms with Crippen LogP contribution in [-0.4, -0.2) is 9.55 Å². The molecule has 0 N–H and O–H groups in total. The number of aromatic nitrogens is 2. The van der Waals surface area contributed by atoms with Gasteiger partial charge in [-0.1, -0.05) is 0 Å². The summed E-state index contributed by atoms with van der Waals surface area (Å²) in [5.41, 5.74) is -0.234. The lowest BCUT2D eigenvalue weighted by Gasteiger charge is -2.15. The molecule has 4 heteroatoms. The van der Waals surface area contributed by atoms with Gasteiger partial charge in [-0.2, -0.15) is 5.26 Å². The summed E-state index contributed by atoms with van der Waals surface area (Å²) in [6.07, 6.45) is 5.55. The summed E-state index contributed by atoms with van der Waals surface area (Å²) in [5, 5.41) is 8.86. The van der Waals surface area contributed by atoms with Gasteiger partial charge >= 0.3 is 0 Å². The fourth-order valence-electron chi connectivity index (χ4n) is 1.42. The minimum absolute atomic E-state index is 0.234. The van der Waals surface area contributed by atoms with Gasteiger partial charge in [-0.3, -0.25) is 0 Å².